The molecule has 0 aliphatic rings. The number of carbonyl (C=O) groups excluding carboxylic acids is 1. The van der Waals surface area contributed by atoms with Crippen LogP contribution in [0.2, 0.25) is 0 Å². The normalized spacial score (nSPS) is 12.2. The first kappa shape index (κ1) is 16.1. The van der Waals surface area contributed by atoms with E-state index in [2.05, 4.69) is 48.7 Å². The molecule has 4 heteroatoms. The van der Waals surface area contributed by atoms with E-state index in [1.807, 2.05) is 0 Å². The van der Waals surface area contributed by atoms with Gasteiger partial charge in [0.25, 0.3) is 0 Å². The highest BCUT2D eigenvalue weighted by molar-refractivity contribution is 7.99. The predicted molar refractivity (Wildman–Crippen MR) is 82.6 cm³/mol. The predicted octanol–water partition coefficient (Wildman–Crippen LogP) is 2.98. The summed E-state index contributed by atoms with van der Waals surface area (Å²) in [7, 11) is 1.68. The van der Waals surface area contributed by atoms with Crippen molar-refractivity contribution in [3.63, 3.8) is 0 Å². The molecule has 1 amide bonds. The number of rotatable bonds is 8. The summed E-state index contributed by atoms with van der Waals surface area (Å²) < 4.78 is 0. The van der Waals surface area contributed by atoms with Crippen LogP contribution in [-0.4, -0.2) is 25.3 Å². The fourth-order valence-electron chi connectivity index (χ4n) is 1.74. The number of carbonyl (C=O) groups is 1. The van der Waals surface area contributed by atoms with E-state index in [9.17, 15) is 4.79 Å². The van der Waals surface area contributed by atoms with E-state index in [0.29, 0.717) is 12.5 Å². The van der Waals surface area contributed by atoms with Crippen LogP contribution in [0.1, 0.15) is 38.3 Å². The SMILES string of the molecule is CCCNC(C)c1cccc(SCCC(=O)NC)c1. The van der Waals surface area contributed by atoms with Crippen molar-refractivity contribution in [1.29, 1.82) is 0 Å². The summed E-state index contributed by atoms with van der Waals surface area (Å²) in [6.45, 7) is 5.39. The first-order chi connectivity index (χ1) is 9.17. The quantitative estimate of drug-likeness (QED) is 0.719. The van der Waals surface area contributed by atoms with Crippen LogP contribution in [0.25, 0.3) is 0 Å². The number of amides is 1. The van der Waals surface area contributed by atoms with Crippen molar-refractivity contribution in [1.82, 2.24) is 10.6 Å². The zero-order valence-corrected chi connectivity index (χ0v) is 12.8. The average molecular weight is 280 g/mol. The molecule has 3 nitrogen and oxygen atoms in total. The maximum Gasteiger partial charge on any atom is 0.220 e. The van der Waals surface area contributed by atoms with Gasteiger partial charge in [-0.05, 0) is 37.6 Å². The molecule has 0 heterocycles. The van der Waals surface area contributed by atoms with Gasteiger partial charge in [-0.3, -0.25) is 4.79 Å². The number of thioether (sulfide) groups is 1. The molecular formula is C15H24N2OS. The Hall–Kier alpha value is -1.00. The fourth-order valence-corrected chi connectivity index (χ4v) is 2.66. The molecule has 1 rings (SSSR count). The fraction of sp³-hybridized carbons (Fsp3) is 0.533. The van der Waals surface area contributed by atoms with Gasteiger partial charge in [-0.25, -0.2) is 0 Å². The lowest BCUT2D eigenvalue weighted by Gasteiger charge is -2.14. The van der Waals surface area contributed by atoms with Gasteiger partial charge in [-0.2, -0.15) is 0 Å². The van der Waals surface area contributed by atoms with Crippen molar-refractivity contribution in [2.45, 2.75) is 37.6 Å². The topological polar surface area (TPSA) is 41.1 Å². The van der Waals surface area contributed by atoms with Gasteiger partial charge >= 0.3 is 0 Å². The van der Waals surface area contributed by atoms with Gasteiger partial charge in [0.2, 0.25) is 5.91 Å². The van der Waals surface area contributed by atoms with Crippen molar-refractivity contribution in [2.75, 3.05) is 19.3 Å². The molecule has 19 heavy (non-hydrogen) atoms. The Bertz CT molecular complexity index is 395. The monoisotopic (exact) mass is 280 g/mol. The molecule has 106 valence electrons. The summed E-state index contributed by atoms with van der Waals surface area (Å²) in [6.07, 6.45) is 1.71. The summed E-state index contributed by atoms with van der Waals surface area (Å²) in [4.78, 5) is 12.4. The summed E-state index contributed by atoms with van der Waals surface area (Å²) in [5.41, 5.74) is 1.30. The molecule has 1 unspecified atom stereocenters. The first-order valence-corrected chi connectivity index (χ1v) is 7.82. The second kappa shape index (κ2) is 8.99. The highest BCUT2D eigenvalue weighted by Gasteiger charge is 2.05. The molecule has 0 aliphatic carbocycles. The summed E-state index contributed by atoms with van der Waals surface area (Å²) in [5.74, 6) is 0.918. The van der Waals surface area contributed by atoms with E-state index in [1.54, 1.807) is 18.8 Å². The van der Waals surface area contributed by atoms with Gasteiger partial charge in [0.1, 0.15) is 0 Å². The molecule has 0 fully saturated rings. The molecule has 1 aromatic rings. The van der Waals surface area contributed by atoms with Gasteiger partial charge in [0, 0.05) is 30.2 Å². The minimum atomic E-state index is 0.0987. The summed E-state index contributed by atoms with van der Waals surface area (Å²) in [6, 6.07) is 8.92. The smallest absolute Gasteiger partial charge is 0.220 e. The molecule has 0 spiro atoms. The van der Waals surface area contributed by atoms with Crippen LogP contribution < -0.4 is 10.6 Å². The second-order valence-electron chi connectivity index (χ2n) is 4.52. The van der Waals surface area contributed by atoms with E-state index < -0.39 is 0 Å². The maximum absolute atomic E-state index is 11.2. The average Bonchev–Trinajstić information content (AvgIpc) is 2.44. The van der Waals surface area contributed by atoms with Gasteiger partial charge in [-0.1, -0.05) is 19.1 Å². The minimum absolute atomic E-state index is 0.0987. The van der Waals surface area contributed by atoms with Crippen molar-refractivity contribution in [2.24, 2.45) is 0 Å². The zero-order chi connectivity index (χ0) is 14.1. The van der Waals surface area contributed by atoms with E-state index in [1.165, 1.54) is 10.5 Å². The minimum Gasteiger partial charge on any atom is -0.359 e. The van der Waals surface area contributed by atoms with Gasteiger partial charge in [-0.15, -0.1) is 11.8 Å². The lowest BCUT2D eigenvalue weighted by molar-refractivity contribution is -0.120. The second-order valence-corrected chi connectivity index (χ2v) is 5.69. The molecular weight excluding hydrogens is 256 g/mol. The van der Waals surface area contributed by atoms with E-state index in [4.69, 9.17) is 0 Å². The summed E-state index contributed by atoms with van der Waals surface area (Å²) in [5, 5.41) is 6.13. The van der Waals surface area contributed by atoms with Crippen LogP contribution >= 0.6 is 11.8 Å². The van der Waals surface area contributed by atoms with Gasteiger partial charge in [0.15, 0.2) is 0 Å². The van der Waals surface area contributed by atoms with Crippen molar-refractivity contribution in [3.8, 4) is 0 Å². The maximum atomic E-state index is 11.2. The molecule has 0 aliphatic heterocycles. The molecule has 0 radical (unpaired) electrons. The van der Waals surface area contributed by atoms with Crippen LogP contribution in [0.3, 0.4) is 0 Å². The van der Waals surface area contributed by atoms with E-state index >= 15 is 0 Å². The number of nitrogens with one attached hydrogen (secondary N) is 2. The lowest BCUT2D eigenvalue weighted by atomic mass is 10.1. The van der Waals surface area contributed by atoms with Gasteiger partial charge in [0.05, 0.1) is 0 Å². The molecule has 0 aromatic heterocycles. The summed E-state index contributed by atoms with van der Waals surface area (Å²) >= 11 is 1.73. The molecule has 1 atom stereocenters. The number of hydrogen-bond donors (Lipinski definition) is 2. The lowest BCUT2D eigenvalue weighted by Crippen LogP contribution is -2.19. The van der Waals surface area contributed by atoms with Crippen LogP contribution in [0, 0.1) is 0 Å². The van der Waals surface area contributed by atoms with Crippen LogP contribution in [0.4, 0.5) is 0 Å². The zero-order valence-electron chi connectivity index (χ0n) is 12.0. The highest BCUT2D eigenvalue weighted by atomic mass is 32.2. The Morgan fingerprint density at radius 3 is 2.89 bits per heavy atom. The van der Waals surface area contributed by atoms with Crippen LogP contribution in [0.5, 0.6) is 0 Å². The number of benzene rings is 1. The van der Waals surface area contributed by atoms with Gasteiger partial charge < -0.3 is 10.6 Å². The largest absolute Gasteiger partial charge is 0.359 e. The van der Waals surface area contributed by atoms with E-state index in [-0.39, 0.29) is 5.91 Å². The van der Waals surface area contributed by atoms with Crippen molar-refractivity contribution >= 4 is 17.7 Å². The number of hydrogen-bond acceptors (Lipinski definition) is 3. The Kier molecular flexibility index (Phi) is 7.60. The third-order valence-electron chi connectivity index (χ3n) is 2.94. The third kappa shape index (κ3) is 6.12. The van der Waals surface area contributed by atoms with Crippen LogP contribution in [-0.2, 0) is 4.79 Å². The molecule has 0 bridgehead atoms. The Balaban J connectivity index is 2.49. The molecule has 0 saturated heterocycles. The first-order valence-electron chi connectivity index (χ1n) is 6.84. The van der Waals surface area contributed by atoms with Crippen LogP contribution in [0.15, 0.2) is 29.2 Å². The third-order valence-corrected chi connectivity index (χ3v) is 3.93. The van der Waals surface area contributed by atoms with Crippen molar-refractivity contribution in [3.05, 3.63) is 29.8 Å². The molecule has 2 N–H and O–H groups in total. The van der Waals surface area contributed by atoms with E-state index in [0.717, 1.165) is 18.7 Å². The Labute approximate surface area is 120 Å². The Morgan fingerprint density at radius 1 is 1.42 bits per heavy atom. The highest BCUT2D eigenvalue weighted by Crippen LogP contribution is 2.22. The standard InChI is InChI=1S/C15H24N2OS/c1-4-9-17-12(2)13-6-5-7-14(11-13)19-10-8-15(18)16-3/h5-7,11-12,17H,4,8-10H2,1-3H3,(H,16,18). The molecule has 0 saturated carbocycles. The Morgan fingerprint density at radius 2 is 2.21 bits per heavy atom. The van der Waals surface area contributed by atoms with Crippen molar-refractivity contribution < 1.29 is 4.79 Å². The molecule has 1 aromatic carbocycles.